The number of ether oxygens (including phenoxy) is 2. The van der Waals surface area contributed by atoms with Crippen molar-refractivity contribution in [3.05, 3.63) is 48.0 Å². The van der Waals surface area contributed by atoms with E-state index in [9.17, 15) is 0 Å². The van der Waals surface area contributed by atoms with E-state index in [4.69, 9.17) is 15.2 Å². The Hall–Kier alpha value is -2.36. The zero-order valence-electron chi connectivity index (χ0n) is 12.7. The van der Waals surface area contributed by atoms with Gasteiger partial charge in [0.2, 0.25) is 0 Å². The lowest BCUT2D eigenvalue weighted by molar-refractivity contribution is 0.244. The van der Waals surface area contributed by atoms with E-state index in [2.05, 4.69) is 5.32 Å². The van der Waals surface area contributed by atoms with Gasteiger partial charge in [-0.3, -0.25) is 0 Å². The minimum Gasteiger partial charge on any atom is -0.496 e. The second-order valence-electron chi connectivity index (χ2n) is 5.05. The molecule has 2 aromatic carbocycles. The van der Waals surface area contributed by atoms with Gasteiger partial charge in [0.15, 0.2) is 0 Å². The van der Waals surface area contributed by atoms with Crippen LogP contribution in [0.2, 0.25) is 0 Å². The van der Waals surface area contributed by atoms with Crippen LogP contribution in [0.5, 0.6) is 11.5 Å². The molecule has 0 heterocycles. The largest absolute Gasteiger partial charge is 0.496 e. The van der Waals surface area contributed by atoms with E-state index in [0.717, 1.165) is 17.0 Å². The Morgan fingerprint density at radius 2 is 1.76 bits per heavy atom. The molecule has 0 spiro atoms. The van der Waals surface area contributed by atoms with Crippen LogP contribution in [-0.2, 0) is 6.54 Å². The van der Waals surface area contributed by atoms with E-state index in [1.54, 1.807) is 7.11 Å². The average molecular weight is 286 g/mol. The normalized spacial score (nSPS) is 10.5. The molecule has 2 rings (SSSR count). The number of nitrogens with two attached hydrogens (primary N) is 1. The quantitative estimate of drug-likeness (QED) is 0.795. The van der Waals surface area contributed by atoms with Crippen molar-refractivity contribution >= 4 is 11.4 Å². The van der Waals surface area contributed by atoms with Crippen molar-refractivity contribution in [2.24, 2.45) is 0 Å². The van der Waals surface area contributed by atoms with Gasteiger partial charge in [0.1, 0.15) is 11.5 Å². The highest BCUT2D eigenvalue weighted by atomic mass is 16.5. The van der Waals surface area contributed by atoms with Gasteiger partial charge in [0, 0.05) is 12.1 Å². The Bertz CT molecular complexity index is 597. The van der Waals surface area contributed by atoms with Gasteiger partial charge in [-0.1, -0.05) is 24.3 Å². The molecule has 0 aromatic heterocycles. The van der Waals surface area contributed by atoms with Crippen LogP contribution in [-0.4, -0.2) is 13.2 Å². The van der Waals surface area contributed by atoms with Crippen molar-refractivity contribution in [3.8, 4) is 11.5 Å². The number of benzene rings is 2. The van der Waals surface area contributed by atoms with E-state index in [1.807, 2.05) is 56.3 Å². The fourth-order valence-corrected chi connectivity index (χ4v) is 2.09. The van der Waals surface area contributed by atoms with E-state index < -0.39 is 0 Å². The number of nitrogens with one attached hydrogen (secondary N) is 1. The maximum atomic E-state index is 6.15. The fraction of sp³-hybridized carbons (Fsp3) is 0.294. The molecule has 0 unspecified atom stereocenters. The lowest BCUT2D eigenvalue weighted by Gasteiger charge is -2.16. The van der Waals surface area contributed by atoms with Gasteiger partial charge >= 0.3 is 0 Å². The highest BCUT2D eigenvalue weighted by Gasteiger charge is 2.08. The summed E-state index contributed by atoms with van der Waals surface area (Å²) >= 11 is 0. The Kier molecular flexibility index (Phi) is 4.93. The van der Waals surface area contributed by atoms with Crippen LogP contribution in [0.25, 0.3) is 0 Å². The minimum absolute atomic E-state index is 0.0942. The Morgan fingerprint density at radius 1 is 1.05 bits per heavy atom. The highest BCUT2D eigenvalue weighted by molar-refractivity contribution is 5.73. The van der Waals surface area contributed by atoms with E-state index >= 15 is 0 Å². The highest BCUT2D eigenvalue weighted by Crippen LogP contribution is 2.31. The molecule has 21 heavy (non-hydrogen) atoms. The first-order valence-electron chi connectivity index (χ1n) is 7.02. The number of methoxy groups -OCH3 is 1. The van der Waals surface area contributed by atoms with Gasteiger partial charge in [0.05, 0.1) is 24.6 Å². The first-order chi connectivity index (χ1) is 10.1. The summed E-state index contributed by atoms with van der Waals surface area (Å²) in [6, 6.07) is 13.7. The summed E-state index contributed by atoms with van der Waals surface area (Å²) in [5, 5.41) is 3.33. The second kappa shape index (κ2) is 6.88. The van der Waals surface area contributed by atoms with Crippen molar-refractivity contribution in [2.75, 3.05) is 18.2 Å². The van der Waals surface area contributed by atoms with Crippen molar-refractivity contribution < 1.29 is 9.47 Å². The Labute approximate surface area is 125 Å². The minimum atomic E-state index is 0.0942. The van der Waals surface area contributed by atoms with Gasteiger partial charge in [-0.2, -0.15) is 0 Å². The maximum absolute atomic E-state index is 6.15. The third kappa shape index (κ3) is 3.81. The lowest BCUT2D eigenvalue weighted by Crippen LogP contribution is -2.09. The zero-order chi connectivity index (χ0) is 15.2. The maximum Gasteiger partial charge on any atom is 0.144 e. The summed E-state index contributed by atoms with van der Waals surface area (Å²) in [5.41, 5.74) is 8.71. The number of nitrogen functional groups attached to an aromatic ring is 1. The molecule has 0 aliphatic carbocycles. The van der Waals surface area contributed by atoms with E-state index in [1.165, 1.54) is 0 Å². The predicted molar refractivity (Wildman–Crippen MR) is 86.9 cm³/mol. The Balaban J connectivity index is 2.13. The molecule has 0 saturated heterocycles. The van der Waals surface area contributed by atoms with Crippen LogP contribution in [0.15, 0.2) is 42.5 Å². The van der Waals surface area contributed by atoms with E-state index in [-0.39, 0.29) is 6.10 Å². The number of hydrogen-bond acceptors (Lipinski definition) is 4. The third-order valence-corrected chi connectivity index (χ3v) is 3.09. The van der Waals surface area contributed by atoms with Crippen LogP contribution < -0.4 is 20.5 Å². The molecular weight excluding hydrogens is 264 g/mol. The SMILES string of the molecule is COc1ccccc1CNc1cccc(OC(C)C)c1N. The molecule has 0 aliphatic heterocycles. The van der Waals surface area contributed by atoms with Crippen LogP contribution in [0.4, 0.5) is 11.4 Å². The van der Waals surface area contributed by atoms with Gasteiger partial charge in [-0.15, -0.1) is 0 Å². The summed E-state index contributed by atoms with van der Waals surface area (Å²) < 4.78 is 11.0. The molecule has 112 valence electrons. The van der Waals surface area contributed by atoms with Gasteiger partial charge in [-0.05, 0) is 32.0 Å². The molecular formula is C17H22N2O2. The Morgan fingerprint density at radius 3 is 2.48 bits per heavy atom. The van der Waals surface area contributed by atoms with Crippen molar-refractivity contribution in [3.63, 3.8) is 0 Å². The summed E-state index contributed by atoms with van der Waals surface area (Å²) in [7, 11) is 1.67. The molecule has 4 heteroatoms. The summed E-state index contributed by atoms with van der Waals surface area (Å²) in [4.78, 5) is 0. The number of rotatable bonds is 6. The summed E-state index contributed by atoms with van der Waals surface area (Å²) in [6.45, 7) is 4.60. The predicted octanol–water partition coefficient (Wildman–Crippen LogP) is 3.68. The molecule has 3 N–H and O–H groups in total. The smallest absolute Gasteiger partial charge is 0.144 e. The van der Waals surface area contributed by atoms with Crippen molar-refractivity contribution in [1.29, 1.82) is 0 Å². The standard InChI is InChI=1S/C17H22N2O2/c1-12(2)21-16-10-6-8-14(17(16)18)19-11-13-7-4-5-9-15(13)20-3/h4-10,12,19H,11,18H2,1-3H3. The van der Waals surface area contributed by atoms with Crippen molar-refractivity contribution in [2.45, 2.75) is 26.5 Å². The zero-order valence-corrected chi connectivity index (χ0v) is 12.7. The van der Waals surface area contributed by atoms with Crippen LogP contribution >= 0.6 is 0 Å². The van der Waals surface area contributed by atoms with E-state index in [0.29, 0.717) is 18.0 Å². The van der Waals surface area contributed by atoms with Gasteiger partial charge < -0.3 is 20.5 Å². The second-order valence-corrected chi connectivity index (χ2v) is 5.05. The third-order valence-electron chi connectivity index (χ3n) is 3.09. The van der Waals surface area contributed by atoms with Crippen LogP contribution in [0, 0.1) is 0 Å². The molecule has 0 fully saturated rings. The first-order valence-corrected chi connectivity index (χ1v) is 7.02. The average Bonchev–Trinajstić information content (AvgIpc) is 2.48. The first kappa shape index (κ1) is 15.0. The van der Waals surface area contributed by atoms with Crippen LogP contribution in [0.3, 0.4) is 0 Å². The fourth-order valence-electron chi connectivity index (χ4n) is 2.09. The lowest BCUT2D eigenvalue weighted by atomic mass is 10.2. The number of hydrogen-bond donors (Lipinski definition) is 2. The molecule has 0 atom stereocenters. The number of anilines is 2. The molecule has 0 aliphatic rings. The molecule has 0 radical (unpaired) electrons. The topological polar surface area (TPSA) is 56.5 Å². The monoisotopic (exact) mass is 286 g/mol. The molecule has 0 amide bonds. The number of para-hydroxylation sites is 2. The molecule has 2 aromatic rings. The summed E-state index contributed by atoms with van der Waals surface area (Å²) in [5.74, 6) is 1.56. The van der Waals surface area contributed by atoms with Crippen LogP contribution in [0.1, 0.15) is 19.4 Å². The van der Waals surface area contributed by atoms with Crippen molar-refractivity contribution in [1.82, 2.24) is 0 Å². The molecule has 4 nitrogen and oxygen atoms in total. The summed E-state index contributed by atoms with van der Waals surface area (Å²) in [6.07, 6.45) is 0.0942. The molecule has 0 bridgehead atoms. The molecule has 0 saturated carbocycles. The van der Waals surface area contributed by atoms with Gasteiger partial charge in [0.25, 0.3) is 0 Å². The van der Waals surface area contributed by atoms with Gasteiger partial charge in [-0.25, -0.2) is 0 Å².